The van der Waals surface area contributed by atoms with Gasteiger partial charge in [0.1, 0.15) is 5.82 Å². The minimum Gasteiger partial charge on any atom is -0.396 e. The van der Waals surface area contributed by atoms with Gasteiger partial charge >= 0.3 is 0 Å². The molecule has 0 saturated heterocycles. The van der Waals surface area contributed by atoms with Gasteiger partial charge < -0.3 is 15.7 Å². The van der Waals surface area contributed by atoms with Crippen molar-refractivity contribution in [3.05, 3.63) is 11.8 Å². The molecule has 0 saturated carbocycles. The fraction of sp³-hybridized carbons (Fsp3) is 0.692. The van der Waals surface area contributed by atoms with E-state index in [1.54, 1.807) is 0 Å². The highest BCUT2D eigenvalue weighted by Crippen LogP contribution is 2.15. The summed E-state index contributed by atoms with van der Waals surface area (Å²) < 4.78 is 0. The van der Waals surface area contributed by atoms with Crippen molar-refractivity contribution in [2.24, 2.45) is 5.92 Å². The van der Waals surface area contributed by atoms with Gasteiger partial charge in [-0.15, -0.1) is 0 Å². The van der Waals surface area contributed by atoms with Gasteiger partial charge in [-0.2, -0.15) is 4.98 Å². The Labute approximate surface area is 109 Å². The summed E-state index contributed by atoms with van der Waals surface area (Å²) in [7, 11) is 0. The van der Waals surface area contributed by atoms with Crippen molar-refractivity contribution in [3.8, 4) is 0 Å². The third-order valence-electron chi connectivity index (χ3n) is 2.98. The standard InChI is InChI=1S/C13H24N4O/c1-4-11(6-7-18)9-15-12-10(3)8-16-13(17-12)14-5-2/h8,11,18H,4-7,9H2,1-3H3,(H2,14,15,16,17). The maximum atomic E-state index is 8.97. The molecule has 0 bridgehead atoms. The van der Waals surface area contributed by atoms with Crippen LogP contribution in [0.1, 0.15) is 32.3 Å². The second-order valence-electron chi connectivity index (χ2n) is 4.42. The fourth-order valence-electron chi connectivity index (χ4n) is 1.74. The highest BCUT2D eigenvalue weighted by atomic mass is 16.3. The lowest BCUT2D eigenvalue weighted by molar-refractivity contribution is 0.258. The molecule has 1 heterocycles. The Kier molecular flexibility index (Phi) is 6.43. The van der Waals surface area contributed by atoms with E-state index in [4.69, 9.17) is 5.11 Å². The Bertz CT molecular complexity index is 357. The number of hydrogen-bond acceptors (Lipinski definition) is 5. The molecule has 0 aliphatic carbocycles. The number of aryl methyl sites for hydroxylation is 1. The van der Waals surface area contributed by atoms with Crippen LogP contribution in [0.3, 0.4) is 0 Å². The molecule has 0 aliphatic heterocycles. The van der Waals surface area contributed by atoms with Crippen LogP contribution in [0.4, 0.5) is 11.8 Å². The van der Waals surface area contributed by atoms with Gasteiger partial charge in [-0.05, 0) is 26.2 Å². The van der Waals surface area contributed by atoms with Gasteiger partial charge in [0.15, 0.2) is 0 Å². The number of rotatable bonds is 8. The van der Waals surface area contributed by atoms with Crippen LogP contribution in [0.2, 0.25) is 0 Å². The molecule has 0 aliphatic rings. The quantitative estimate of drug-likeness (QED) is 0.660. The molecule has 18 heavy (non-hydrogen) atoms. The van der Waals surface area contributed by atoms with E-state index >= 15 is 0 Å². The van der Waals surface area contributed by atoms with Gasteiger partial charge in [0.05, 0.1) is 0 Å². The van der Waals surface area contributed by atoms with Crippen LogP contribution in [-0.4, -0.2) is 34.8 Å². The number of aromatic nitrogens is 2. The van der Waals surface area contributed by atoms with Crippen LogP contribution in [-0.2, 0) is 0 Å². The zero-order chi connectivity index (χ0) is 13.4. The second-order valence-corrected chi connectivity index (χ2v) is 4.42. The van der Waals surface area contributed by atoms with E-state index in [-0.39, 0.29) is 6.61 Å². The molecule has 1 aromatic rings. The van der Waals surface area contributed by atoms with Gasteiger partial charge in [-0.1, -0.05) is 13.3 Å². The molecule has 0 aromatic carbocycles. The van der Waals surface area contributed by atoms with Crippen LogP contribution in [0.5, 0.6) is 0 Å². The third kappa shape index (κ3) is 4.49. The number of nitrogens with one attached hydrogen (secondary N) is 2. The Morgan fingerprint density at radius 3 is 2.72 bits per heavy atom. The van der Waals surface area contributed by atoms with E-state index in [9.17, 15) is 0 Å². The van der Waals surface area contributed by atoms with Gasteiger partial charge in [0, 0.05) is 31.5 Å². The first kappa shape index (κ1) is 14.7. The highest BCUT2D eigenvalue weighted by molar-refractivity contribution is 5.46. The molecule has 0 radical (unpaired) electrons. The Hall–Kier alpha value is -1.36. The summed E-state index contributed by atoms with van der Waals surface area (Å²) in [5.74, 6) is 2.00. The van der Waals surface area contributed by atoms with E-state index in [0.29, 0.717) is 11.9 Å². The lowest BCUT2D eigenvalue weighted by atomic mass is 10.0. The minimum atomic E-state index is 0.242. The molecule has 0 amide bonds. The van der Waals surface area contributed by atoms with Gasteiger partial charge in [0.25, 0.3) is 0 Å². The van der Waals surface area contributed by atoms with Crippen LogP contribution in [0.15, 0.2) is 6.20 Å². The average molecular weight is 252 g/mol. The molecule has 0 spiro atoms. The van der Waals surface area contributed by atoms with E-state index < -0.39 is 0 Å². The first-order valence-corrected chi connectivity index (χ1v) is 6.63. The molecule has 3 N–H and O–H groups in total. The van der Waals surface area contributed by atoms with Crippen LogP contribution in [0, 0.1) is 12.8 Å². The minimum absolute atomic E-state index is 0.242. The van der Waals surface area contributed by atoms with Crippen LogP contribution < -0.4 is 10.6 Å². The maximum Gasteiger partial charge on any atom is 0.224 e. The SMILES string of the molecule is CCNc1ncc(C)c(NCC(CC)CCO)n1. The number of anilines is 2. The molecule has 102 valence electrons. The van der Waals surface area contributed by atoms with Crippen molar-refractivity contribution in [1.29, 1.82) is 0 Å². The first-order valence-electron chi connectivity index (χ1n) is 6.63. The Morgan fingerprint density at radius 2 is 2.11 bits per heavy atom. The number of hydrogen-bond donors (Lipinski definition) is 3. The smallest absolute Gasteiger partial charge is 0.224 e. The van der Waals surface area contributed by atoms with Crippen molar-refractivity contribution in [2.75, 3.05) is 30.3 Å². The van der Waals surface area contributed by atoms with Crippen LogP contribution >= 0.6 is 0 Å². The summed E-state index contributed by atoms with van der Waals surface area (Å²) in [6.07, 6.45) is 3.70. The van der Waals surface area contributed by atoms with Crippen molar-refractivity contribution < 1.29 is 5.11 Å². The molecule has 5 nitrogen and oxygen atoms in total. The van der Waals surface area contributed by atoms with E-state index in [1.165, 1.54) is 0 Å². The predicted octanol–water partition coefficient (Wildman–Crippen LogP) is 2.04. The normalized spacial score (nSPS) is 12.2. The lowest BCUT2D eigenvalue weighted by Gasteiger charge is -2.16. The fourth-order valence-corrected chi connectivity index (χ4v) is 1.74. The van der Waals surface area contributed by atoms with E-state index in [1.807, 2.05) is 20.0 Å². The maximum absolute atomic E-state index is 8.97. The first-order chi connectivity index (χ1) is 8.71. The molecule has 1 aromatic heterocycles. The largest absolute Gasteiger partial charge is 0.396 e. The molecule has 1 atom stereocenters. The predicted molar refractivity (Wildman–Crippen MR) is 74.9 cm³/mol. The number of nitrogens with zero attached hydrogens (tertiary/aromatic N) is 2. The van der Waals surface area contributed by atoms with E-state index in [0.717, 1.165) is 37.3 Å². The lowest BCUT2D eigenvalue weighted by Crippen LogP contribution is -2.17. The number of aliphatic hydroxyl groups excluding tert-OH is 1. The third-order valence-corrected chi connectivity index (χ3v) is 2.98. The average Bonchev–Trinajstić information content (AvgIpc) is 2.38. The number of aliphatic hydroxyl groups is 1. The Balaban J connectivity index is 2.62. The summed E-state index contributed by atoms with van der Waals surface area (Å²) >= 11 is 0. The zero-order valence-corrected chi connectivity index (χ0v) is 11.5. The summed E-state index contributed by atoms with van der Waals surface area (Å²) in [4.78, 5) is 8.64. The van der Waals surface area contributed by atoms with Crippen molar-refractivity contribution in [3.63, 3.8) is 0 Å². The summed E-state index contributed by atoms with van der Waals surface area (Å²) in [6, 6.07) is 0. The van der Waals surface area contributed by atoms with Gasteiger partial charge in [0.2, 0.25) is 5.95 Å². The zero-order valence-electron chi connectivity index (χ0n) is 11.5. The second kappa shape index (κ2) is 7.87. The summed E-state index contributed by atoms with van der Waals surface area (Å²) in [6.45, 7) is 8.03. The van der Waals surface area contributed by atoms with Crippen molar-refractivity contribution in [2.45, 2.75) is 33.6 Å². The van der Waals surface area contributed by atoms with Crippen molar-refractivity contribution >= 4 is 11.8 Å². The van der Waals surface area contributed by atoms with Crippen LogP contribution in [0.25, 0.3) is 0 Å². The molecular formula is C13H24N4O. The summed E-state index contributed by atoms with van der Waals surface area (Å²) in [5, 5.41) is 15.4. The van der Waals surface area contributed by atoms with Crippen molar-refractivity contribution in [1.82, 2.24) is 9.97 Å². The molecule has 1 rings (SSSR count). The molecule has 0 fully saturated rings. The monoisotopic (exact) mass is 252 g/mol. The molecule has 1 unspecified atom stereocenters. The molecule has 5 heteroatoms. The summed E-state index contributed by atoms with van der Waals surface area (Å²) in [5.41, 5.74) is 1.04. The van der Waals surface area contributed by atoms with Gasteiger partial charge in [-0.25, -0.2) is 4.98 Å². The highest BCUT2D eigenvalue weighted by Gasteiger charge is 2.08. The molecular weight excluding hydrogens is 228 g/mol. The Morgan fingerprint density at radius 1 is 1.33 bits per heavy atom. The van der Waals surface area contributed by atoms with Gasteiger partial charge in [-0.3, -0.25) is 0 Å². The van der Waals surface area contributed by atoms with E-state index in [2.05, 4.69) is 27.5 Å². The topological polar surface area (TPSA) is 70.1 Å².